The lowest BCUT2D eigenvalue weighted by Gasteiger charge is -2.29. The average molecular weight is 383 g/mol. The third-order valence-corrected chi connectivity index (χ3v) is 4.63. The highest BCUT2D eigenvalue weighted by atomic mass is 35.5. The van der Waals surface area contributed by atoms with Gasteiger partial charge in [0.15, 0.2) is 6.61 Å². The van der Waals surface area contributed by atoms with Crippen LogP contribution in [0, 0.1) is 5.92 Å². The Kier molecular flexibility index (Phi) is 7.26. The number of methoxy groups -OCH3 is 1. The molecule has 0 saturated heterocycles. The number of hydrogen-bond donors (Lipinski definition) is 2. The normalized spacial score (nSPS) is 19.3. The minimum Gasteiger partial charge on any atom is -0.496 e. The number of amides is 3. The van der Waals surface area contributed by atoms with Gasteiger partial charge in [-0.2, -0.15) is 0 Å². The summed E-state index contributed by atoms with van der Waals surface area (Å²) in [7, 11) is 1.41. The Morgan fingerprint density at radius 1 is 1.23 bits per heavy atom. The number of rotatable bonds is 5. The third kappa shape index (κ3) is 5.62. The highest BCUT2D eigenvalue weighted by Crippen LogP contribution is 2.24. The van der Waals surface area contributed by atoms with E-state index in [0.717, 1.165) is 25.7 Å². The maximum atomic E-state index is 12.1. The van der Waals surface area contributed by atoms with Crippen molar-refractivity contribution in [2.75, 3.05) is 13.7 Å². The van der Waals surface area contributed by atoms with E-state index < -0.39 is 24.5 Å². The maximum absolute atomic E-state index is 12.1. The van der Waals surface area contributed by atoms with Crippen LogP contribution in [0.4, 0.5) is 4.79 Å². The molecule has 1 fully saturated rings. The second kappa shape index (κ2) is 9.43. The van der Waals surface area contributed by atoms with Crippen LogP contribution < -0.4 is 15.4 Å². The Balaban J connectivity index is 1.82. The van der Waals surface area contributed by atoms with Crippen LogP contribution in [0.1, 0.15) is 43.0 Å². The zero-order valence-corrected chi connectivity index (χ0v) is 15.6. The van der Waals surface area contributed by atoms with Crippen molar-refractivity contribution in [3.05, 3.63) is 28.8 Å². The van der Waals surface area contributed by atoms with Crippen LogP contribution in [-0.2, 0) is 9.53 Å². The molecule has 0 spiro atoms. The Bertz CT molecular complexity index is 680. The number of ether oxygens (including phenoxy) is 2. The first-order valence-corrected chi connectivity index (χ1v) is 8.89. The molecule has 1 aromatic carbocycles. The summed E-state index contributed by atoms with van der Waals surface area (Å²) in [4.78, 5) is 35.8. The predicted molar refractivity (Wildman–Crippen MR) is 96.4 cm³/mol. The largest absolute Gasteiger partial charge is 0.496 e. The molecular formula is C18H23ClN2O5. The minimum absolute atomic E-state index is 0.0508. The topological polar surface area (TPSA) is 93.7 Å². The molecule has 0 bridgehead atoms. The van der Waals surface area contributed by atoms with E-state index >= 15 is 0 Å². The third-order valence-electron chi connectivity index (χ3n) is 4.40. The summed E-state index contributed by atoms with van der Waals surface area (Å²) in [5.74, 6) is -0.817. The fraction of sp³-hybridized carbons (Fsp3) is 0.500. The first-order chi connectivity index (χ1) is 12.4. The quantitative estimate of drug-likeness (QED) is 0.763. The molecule has 3 amide bonds. The molecular weight excluding hydrogens is 360 g/mol. The summed E-state index contributed by atoms with van der Waals surface area (Å²) in [6.07, 6.45) is 4.16. The van der Waals surface area contributed by atoms with Gasteiger partial charge in [-0.3, -0.25) is 10.1 Å². The van der Waals surface area contributed by atoms with E-state index in [1.54, 1.807) is 6.07 Å². The van der Waals surface area contributed by atoms with Crippen molar-refractivity contribution in [1.82, 2.24) is 10.6 Å². The van der Waals surface area contributed by atoms with Gasteiger partial charge in [-0.25, -0.2) is 9.59 Å². The predicted octanol–water partition coefficient (Wildman–Crippen LogP) is 2.91. The first-order valence-electron chi connectivity index (χ1n) is 8.51. The van der Waals surface area contributed by atoms with Gasteiger partial charge in [0.05, 0.1) is 7.11 Å². The molecule has 26 heavy (non-hydrogen) atoms. The van der Waals surface area contributed by atoms with Gasteiger partial charge in [-0.15, -0.1) is 0 Å². The van der Waals surface area contributed by atoms with Crippen LogP contribution in [-0.4, -0.2) is 37.7 Å². The molecule has 1 aliphatic carbocycles. The summed E-state index contributed by atoms with van der Waals surface area (Å²) in [5.41, 5.74) is 0.105. The van der Waals surface area contributed by atoms with Crippen molar-refractivity contribution in [2.24, 2.45) is 5.92 Å². The van der Waals surface area contributed by atoms with Gasteiger partial charge in [0.2, 0.25) is 0 Å². The highest BCUT2D eigenvalue weighted by molar-refractivity contribution is 6.31. The van der Waals surface area contributed by atoms with Crippen molar-refractivity contribution in [2.45, 2.75) is 38.6 Å². The van der Waals surface area contributed by atoms with E-state index in [0.29, 0.717) is 10.9 Å². The van der Waals surface area contributed by atoms with Crippen LogP contribution >= 0.6 is 11.6 Å². The fourth-order valence-electron chi connectivity index (χ4n) is 2.95. The lowest BCUT2D eigenvalue weighted by molar-refractivity contribution is -0.123. The zero-order chi connectivity index (χ0) is 19.1. The van der Waals surface area contributed by atoms with Gasteiger partial charge in [0, 0.05) is 11.1 Å². The van der Waals surface area contributed by atoms with Gasteiger partial charge in [-0.05, 0) is 37.0 Å². The number of imide groups is 1. The van der Waals surface area contributed by atoms with E-state index in [-0.39, 0.29) is 17.4 Å². The van der Waals surface area contributed by atoms with Crippen molar-refractivity contribution in [3.8, 4) is 5.75 Å². The first kappa shape index (κ1) is 20.0. The number of esters is 1. The van der Waals surface area contributed by atoms with Gasteiger partial charge >= 0.3 is 12.0 Å². The average Bonchev–Trinajstić information content (AvgIpc) is 2.61. The smallest absolute Gasteiger partial charge is 0.342 e. The molecule has 142 valence electrons. The number of nitrogens with one attached hydrogen (secondary N) is 2. The molecule has 2 rings (SSSR count). The second-order valence-corrected chi connectivity index (χ2v) is 6.75. The van der Waals surface area contributed by atoms with Crippen molar-refractivity contribution in [3.63, 3.8) is 0 Å². The van der Waals surface area contributed by atoms with Crippen molar-refractivity contribution < 1.29 is 23.9 Å². The number of benzene rings is 1. The van der Waals surface area contributed by atoms with Crippen molar-refractivity contribution >= 4 is 29.5 Å². The number of hydrogen-bond acceptors (Lipinski definition) is 5. The summed E-state index contributed by atoms with van der Waals surface area (Å²) in [5, 5.41) is 5.30. The number of carbonyl (C=O) groups excluding carboxylic acids is 3. The van der Waals surface area contributed by atoms with Crippen LogP contribution in [0.3, 0.4) is 0 Å². The van der Waals surface area contributed by atoms with E-state index in [4.69, 9.17) is 21.1 Å². The van der Waals surface area contributed by atoms with Gasteiger partial charge in [0.25, 0.3) is 5.91 Å². The maximum Gasteiger partial charge on any atom is 0.342 e. The van der Waals surface area contributed by atoms with E-state index in [9.17, 15) is 14.4 Å². The lowest BCUT2D eigenvalue weighted by Crippen LogP contribution is -2.48. The molecule has 1 aromatic rings. The molecule has 0 radical (unpaired) electrons. The highest BCUT2D eigenvalue weighted by Gasteiger charge is 2.23. The minimum atomic E-state index is -0.763. The molecule has 0 heterocycles. The van der Waals surface area contributed by atoms with Gasteiger partial charge in [-0.1, -0.05) is 31.4 Å². The SMILES string of the molecule is COc1ccc(Cl)cc1C(=O)OCC(=O)NC(=O)N[C@H]1CCCC[C@H]1C. The Morgan fingerprint density at radius 3 is 2.65 bits per heavy atom. The van der Waals surface area contributed by atoms with Crippen LogP contribution in [0.5, 0.6) is 5.75 Å². The van der Waals surface area contributed by atoms with Gasteiger partial charge < -0.3 is 14.8 Å². The van der Waals surface area contributed by atoms with Crippen LogP contribution in [0.2, 0.25) is 5.02 Å². The van der Waals surface area contributed by atoms with E-state index in [1.807, 2.05) is 0 Å². The van der Waals surface area contributed by atoms with Crippen molar-refractivity contribution in [1.29, 1.82) is 0 Å². The summed E-state index contributed by atoms with van der Waals surface area (Å²) in [6, 6.07) is 3.95. The Hall–Kier alpha value is -2.28. The number of urea groups is 1. The molecule has 2 N–H and O–H groups in total. The van der Waals surface area contributed by atoms with E-state index in [2.05, 4.69) is 17.6 Å². The number of halogens is 1. The molecule has 8 heteroatoms. The lowest BCUT2D eigenvalue weighted by atomic mass is 9.86. The fourth-order valence-corrected chi connectivity index (χ4v) is 3.12. The van der Waals surface area contributed by atoms with Crippen LogP contribution in [0.15, 0.2) is 18.2 Å². The van der Waals surface area contributed by atoms with Gasteiger partial charge in [0.1, 0.15) is 11.3 Å². The number of carbonyl (C=O) groups is 3. The second-order valence-electron chi connectivity index (χ2n) is 6.31. The summed E-state index contributed by atoms with van der Waals surface area (Å²) >= 11 is 5.86. The Morgan fingerprint density at radius 2 is 1.96 bits per heavy atom. The zero-order valence-electron chi connectivity index (χ0n) is 14.8. The molecule has 7 nitrogen and oxygen atoms in total. The monoisotopic (exact) mass is 382 g/mol. The molecule has 0 unspecified atom stereocenters. The summed E-state index contributed by atoms with van der Waals surface area (Å²) in [6.45, 7) is 1.49. The molecule has 1 aliphatic rings. The molecule has 0 aromatic heterocycles. The Labute approximate surface area is 157 Å². The summed E-state index contributed by atoms with van der Waals surface area (Å²) < 4.78 is 9.99. The molecule has 0 aliphatic heterocycles. The van der Waals surface area contributed by atoms with Crippen LogP contribution in [0.25, 0.3) is 0 Å². The standard InChI is InChI=1S/C18H23ClN2O5/c1-11-5-3-4-6-14(11)20-18(24)21-16(22)10-26-17(23)13-9-12(19)7-8-15(13)25-2/h7-9,11,14H,3-6,10H2,1-2H3,(H2,20,21,22,24)/t11-,14+/m1/s1. The molecule has 1 saturated carbocycles. The van der Waals surface area contributed by atoms with E-state index in [1.165, 1.54) is 19.2 Å². The molecule has 2 atom stereocenters.